The molecule has 2 N–H and O–H groups in total. The molecular weight excluding hydrogens is 212 g/mol. The monoisotopic (exact) mass is 234 g/mol. The van der Waals surface area contributed by atoms with Crippen molar-refractivity contribution in [3.63, 3.8) is 0 Å². The summed E-state index contributed by atoms with van der Waals surface area (Å²) < 4.78 is 0. The molecule has 1 aromatic rings. The summed E-state index contributed by atoms with van der Waals surface area (Å²) >= 11 is 0. The first-order chi connectivity index (χ1) is 8.26. The molecule has 1 unspecified atom stereocenters. The Bertz CT molecular complexity index is 335. The molecule has 1 rings (SSSR count). The zero-order valence-corrected chi connectivity index (χ0v) is 10.9. The summed E-state index contributed by atoms with van der Waals surface area (Å²) in [5, 5.41) is 6.60. The van der Waals surface area contributed by atoms with Gasteiger partial charge in [-0.1, -0.05) is 13.0 Å². The maximum absolute atomic E-state index is 4.28. The van der Waals surface area contributed by atoms with Gasteiger partial charge in [0.05, 0.1) is 0 Å². The van der Waals surface area contributed by atoms with Crippen molar-refractivity contribution in [2.75, 3.05) is 13.6 Å². The number of aromatic nitrogens is 1. The Morgan fingerprint density at radius 2 is 2.29 bits per heavy atom. The number of hydrogen-bond donors (Lipinski definition) is 2. The summed E-state index contributed by atoms with van der Waals surface area (Å²) in [6.07, 6.45) is 3.81. The fraction of sp³-hybridized carbons (Fsp3) is 0.538. The maximum atomic E-state index is 4.28. The van der Waals surface area contributed by atoms with Crippen molar-refractivity contribution in [2.24, 2.45) is 4.99 Å². The first-order valence-electron chi connectivity index (χ1n) is 6.13. The van der Waals surface area contributed by atoms with Gasteiger partial charge in [-0.2, -0.15) is 0 Å². The molecule has 0 fully saturated rings. The summed E-state index contributed by atoms with van der Waals surface area (Å²) in [6, 6.07) is 6.41. The molecule has 0 bridgehead atoms. The second kappa shape index (κ2) is 7.65. The normalized spacial score (nSPS) is 13.2. The largest absolute Gasteiger partial charge is 0.356 e. The highest BCUT2D eigenvalue weighted by Crippen LogP contribution is 1.93. The first-order valence-corrected chi connectivity index (χ1v) is 6.13. The molecular formula is C13H22N4. The first kappa shape index (κ1) is 13.5. The zero-order valence-electron chi connectivity index (χ0n) is 10.9. The molecule has 0 aliphatic heterocycles. The van der Waals surface area contributed by atoms with Crippen LogP contribution in [0.1, 0.15) is 26.0 Å². The number of nitrogens with zero attached hydrogens (tertiary/aromatic N) is 2. The highest BCUT2D eigenvalue weighted by atomic mass is 15.2. The van der Waals surface area contributed by atoms with Crippen LogP contribution in [0, 0.1) is 0 Å². The number of nitrogens with one attached hydrogen (secondary N) is 2. The van der Waals surface area contributed by atoms with E-state index in [-0.39, 0.29) is 0 Å². The van der Waals surface area contributed by atoms with E-state index in [9.17, 15) is 0 Å². The number of guanidine groups is 1. The van der Waals surface area contributed by atoms with Crippen LogP contribution in [0.4, 0.5) is 0 Å². The second-order valence-electron chi connectivity index (χ2n) is 4.02. The molecule has 0 aromatic carbocycles. The van der Waals surface area contributed by atoms with Crippen molar-refractivity contribution in [1.29, 1.82) is 0 Å². The topological polar surface area (TPSA) is 49.3 Å². The van der Waals surface area contributed by atoms with Gasteiger partial charge < -0.3 is 10.6 Å². The summed E-state index contributed by atoms with van der Waals surface area (Å²) in [6.45, 7) is 5.14. The lowest BCUT2D eigenvalue weighted by Crippen LogP contribution is -2.42. The van der Waals surface area contributed by atoms with Crippen LogP contribution in [-0.2, 0) is 6.42 Å². The van der Waals surface area contributed by atoms with Gasteiger partial charge in [0.15, 0.2) is 5.96 Å². The molecule has 94 valence electrons. The van der Waals surface area contributed by atoms with Crippen LogP contribution in [0.5, 0.6) is 0 Å². The van der Waals surface area contributed by atoms with E-state index in [4.69, 9.17) is 0 Å². The second-order valence-corrected chi connectivity index (χ2v) is 4.02. The van der Waals surface area contributed by atoms with E-state index in [1.165, 1.54) is 0 Å². The molecule has 0 aliphatic carbocycles. The Morgan fingerprint density at radius 3 is 2.88 bits per heavy atom. The molecule has 0 radical (unpaired) electrons. The third-order valence-corrected chi connectivity index (χ3v) is 2.62. The van der Waals surface area contributed by atoms with E-state index in [0.29, 0.717) is 6.04 Å². The van der Waals surface area contributed by atoms with E-state index >= 15 is 0 Å². The highest BCUT2D eigenvalue weighted by molar-refractivity contribution is 5.79. The minimum Gasteiger partial charge on any atom is -0.356 e. The van der Waals surface area contributed by atoms with Crippen LogP contribution in [0.2, 0.25) is 0 Å². The zero-order chi connectivity index (χ0) is 12.5. The average Bonchev–Trinajstić information content (AvgIpc) is 2.38. The van der Waals surface area contributed by atoms with Crippen molar-refractivity contribution in [2.45, 2.75) is 32.7 Å². The van der Waals surface area contributed by atoms with Crippen molar-refractivity contribution in [1.82, 2.24) is 15.6 Å². The predicted molar refractivity (Wildman–Crippen MR) is 72.2 cm³/mol. The number of hydrogen-bond acceptors (Lipinski definition) is 2. The van der Waals surface area contributed by atoms with Gasteiger partial charge in [0.2, 0.25) is 0 Å². The van der Waals surface area contributed by atoms with Gasteiger partial charge in [0.1, 0.15) is 0 Å². The maximum Gasteiger partial charge on any atom is 0.191 e. The van der Waals surface area contributed by atoms with Crippen LogP contribution in [0.15, 0.2) is 29.4 Å². The highest BCUT2D eigenvalue weighted by Gasteiger charge is 2.02. The van der Waals surface area contributed by atoms with Crippen LogP contribution in [-0.4, -0.2) is 30.6 Å². The minimum atomic E-state index is 0.441. The van der Waals surface area contributed by atoms with E-state index in [0.717, 1.165) is 31.0 Å². The Balaban J connectivity index is 2.29. The fourth-order valence-electron chi connectivity index (χ4n) is 1.39. The number of aliphatic imine (C=N–C) groups is 1. The smallest absolute Gasteiger partial charge is 0.191 e. The minimum absolute atomic E-state index is 0.441. The number of rotatable bonds is 5. The summed E-state index contributed by atoms with van der Waals surface area (Å²) in [4.78, 5) is 8.46. The quantitative estimate of drug-likeness (QED) is 0.601. The van der Waals surface area contributed by atoms with Gasteiger partial charge >= 0.3 is 0 Å². The molecule has 0 spiro atoms. The van der Waals surface area contributed by atoms with Crippen LogP contribution < -0.4 is 10.6 Å². The van der Waals surface area contributed by atoms with Crippen molar-refractivity contribution in [3.05, 3.63) is 30.1 Å². The van der Waals surface area contributed by atoms with E-state index in [1.807, 2.05) is 24.4 Å². The molecule has 17 heavy (non-hydrogen) atoms. The predicted octanol–water partition coefficient (Wildman–Crippen LogP) is 1.59. The van der Waals surface area contributed by atoms with Crippen molar-refractivity contribution < 1.29 is 0 Å². The Labute approximate surface area is 104 Å². The molecule has 0 aliphatic rings. The average molecular weight is 234 g/mol. The van der Waals surface area contributed by atoms with Gasteiger partial charge in [0.25, 0.3) is 0 Å². The summed E-state index contributed by atoms with van der Waals surface area (Å²) in [5.74, 6) is 0.857. The van der Waals surface area contributed by atoms with Gasteiger partial charge in [0, 0.05) is 37.9 Å². The van der Waals surface area contributed by atoms with Crippen molar-refractivity contribution in [3.8, 4) is 0 Å². The van der Waals surface area contributed by atoms with Crippen LogP contribution in [0.3, 0.4) is 0 Å². The van der Waals surface area contributed by atoms with E-state index < -0.39 is 0 Å². The van der Waals surface area contributed by atoms with Gasteiger partial charge in [-0.25, -0.2) is 0 Å². The molecule has 1 aromatic heterocycles. The van der Waals surface area contributed by atoms with Crippen LogP contribution in [0.25, 0.3) is 0 Å². The standard InChI is InChI=1S/C13H22N4/c1-4-11(2)17-13(14-3)16-10-8-12-7-5-6-9-15-12/h5-7,9,11H,4,8,10H2,1-3H3,(H2,14,16,17). The molecule has 0 saturated carbocycles. The molecule has 0 saturated heterocycles. The lowest BCUT2D eigenvalue weighted by molar-refractivity contribution is 0.623. The SMILES string of the molecule is CCC(C)NC(=NC)NCCc1ccccn1. The summed E-state index contributed by atoms with van der Waals surface area (Å²) in [5.41, 5.74) is 1.10. The molecule has 1 heterocycles. The van der Waals surface area contributed by atoms with Crippen LogP contribution >= 0.6 is 0 Å². The lowest BCUT2D eigenvalue weighted by atomic mass is 10.2. The fourth-order valence-corrected chi connectivity index (χ4v) is 1.39. The Hall–Kier alpha value is -1.58. The molecule has 0 amide bonds. The summed E-state index contributed by atoms with van der Waals surface area (Å²) in [7, 11) is 1.79. The molecule has 4 nitrogen and oxygen atoms in total. The van der Waals surface area contributed by atoms with Gasteiger partial charge in [-0.3, -0.25) is 9.98 Å². The molecule has 4 heteroatoms. The van der Waals surface area contributed by atoms with Crippen molar-refractivity contribution >= 4 is 5.96 Å². The molecule has 1 atom stereocenters. The Kier molecular flexibility index (Phi) is 6.07. The van der Waals surface area contributed by atoms with E-state index in [1.54, 1.807) is 7.05 Å². The third kappa shape index (κ3) is 5.33. The number of pyridine rings is 1. The third-order valence-electron chi connectivity index (χ3n) is 2.62. The Morgan fingerprint density at radius 1 is 1.47 bits per heavy atom. The van der Waals surface area contributed by atoms with E-state index in [2.05, 4.69) is 34.5 Å². The van der Waals surface area contributed by atoms with Gasteiger partial charge in [-0.05, 0) is 25.5 Å². The van der Waals surface area contributed by atoms with Gasteiger partial charge in [-0.15, -0.1) is 0 Å². The lowest BCUT2D eigenvalue weighted by Gasteiger charge is -2.16.